The van der Waals surface area contributed by atoms with Gasteiger partial charge in [-0.2, -0.15) is 5.10 Å². The summed E-state index contributed by atoms with van der Waals surface area (Å²) in [5, 5.41) is 4.88. The van der Waals surface area contributed by atoms with Crippen molar-refractivity contribution in [1.29, 1.82) is 0 Å². The summed E-state index contributed by atoms with van der Waals surface area (Å²) in [7, 11) is 0. The number of rotatable bonds is 2. The van der Waals surface area contributed by atoms with Crippen molar-refractivity contribution in [2.45, 2.75) is 6.92 Å². The lowest BCUT2D eigenvalue weighted by Gasteiger charge is -2.07. The Morgan fingerprint density at radius 3 is 2.55 bits per heavy atom. The molecule has 2 aromatic carbocycles. The maximum Gasteiger partial charge on any atom is 0.163 e. The molecule has 0 fully saturated rings. The highest BCUT2D eigenvalue weighted by Crippen LogP contribution is 2.23. The van der Waals surface area contributed by atoms with Crippen molar-refractivity contribution < 1.29 is 4.39 Å². The number of aryl methyl sites for hydroxylation is 1. The number of hydrogen-bond donors (Lipinski definition) is 0. The molecule has 0 aliphatic carbocycles. The molecular weight excluding hydrogens is 277 g/mol. The summed E-state index contributed by atoms with van der Waals surface area (Å²) in [4.78, 5) is 4.23. The Labute approximate surface area is 120 Å². The van der Waals surface area contributed by atoms with Crippen molar-refractivity contribution in [3.05, 3.63) is 65.2 Å². The minimum atomic E-state index is -0.279. The van der Waals surface area contributed by atoms with Crippen molar-refractivity contribution in [3.8, 4) is 17.1 Å². The van der Waals surface area contributed by atoms with Crippen LogP contribution >= 0.6 is 11.6 Å². The maximum atomic E-state index is 13.0. The normalized spacial score (nSPS) is 10.8. The van der Waals surface area contributed by atoms with E-state index >= 15 is 0 Å². The minimum absolute atomic E-state index is 0.279. The van der Waals surface area contributed by atoms with Gasteiger partial charge >= 0.3 is 0 Å². The third kappa shape index (κ3) is 2.30. The zero-order valence-electron chi connectivity index (χ0n) is 10.7. The second-order valence-electron chi connectivity index (χ2n) is 4.44. The van der Waals surface area contributed by atoms with E-state index in [9.17, 15) is 4.39 Å². The largest absolute Gasteiger partial charge is 0.215 e. The first-order chi connectivity index (χ1) is 9.65. The summed E-state index contributed by atoms with van der Waals surface area (Å²) in [6.07, 6.45) is 1.46. The fourth-order valence-corrected chi connectivity index (χ4v) is 2.11. The SMILES string of the molecule is Cc1ccc(-n2ncnc2-c2ccc(F)cc2)cc1Cl. The van der Waals surface area contributed by atoms with Gasteiger partial charge in [0, 0.05) is 10.6 Å². The van der Waals surface area contributed by atoms with Crippen LogP contribution in [0.1, 0.15) is 5.56 Å². The number of nitrogens with zero attached hydrogens (tertiary/aromatic N) is 3. The van der Waals surface area contributed by atoms with E-state index in [0.717, 1.165) is 16.8 Å². The summed E-state index contributed by atoms with van der Waals surface area (Å²) >= 11 is 6.14. The second-order valence-corrected chi connectivity index (χ2v) is 4.84. The first-order valence-corrected chi connectivity index (χ1v) is 6.45. The van der Waals surface area contributed by atoms with Crippen LogP contribution in [-0.4, -0.2) is 14.8 Å². The van der Waals surface area contributed by atoms with Gasteiger partial charge in [0.15, 0.2) is 5.82 Å². The molecular formula is C15H11ClFN3. The lowest BCUT2D eigenvalue weighted by atomic mass is 10.2. The van der Waals surface area contributed by atoms with Crippen molar-refractivity contribution in [3.63, 3.8) is 0 Å². The first-order valence-electron chi connectivity index (χ1n) is 6.07. The Morgan fingerprint density at radius 2 is 1.85 bits per heavy atom. The van der Waals surface area contributed by atoms with Crippen molar-refractivity contribution >= 4 is 11.6 Å². The summed E-state index contributed by atoms with van der Waals surface area (Å²) in [5.74, 6) is 0.364. The summed E-state index contributed by atoms with van der Waals surface area (Å²) < 4.78 is 14.7. The maximum absolute atomic E-state index is 13.0. The van der Waals surface area contributed by atoms with Gasteiger partial charge in [-0.15, -0.1) is 0 Å². The predicted molar refractivity (Wildman–Crippen MR) is 76.5 cm³/mol. The van der Waals surface area contributed by atoms with Crippen molar-refractivity contribution in [2.24, 2.45) is 0 Å². The molecule has 20 heavy (non-hydrogen) atoms. The van der Waals surface area contributed by atoms with Crippen LogP contribution in [0.4, 0.5) is 4.39 Å². The van der Waals surface area contributed by atoms with E-state index in [1.165, 1.54) is 18.5 Å². The molecule has 5 heteroatoms. The molecule has 3 nitrogen and oxygen atoms in total. The van der Waals surface area contributed by atoms with Gasteiger partial charge in [0.1, 0.15) is 12.1 Å². The van der Waals surface area contributed by atoms with E-state index in [2.05, 4.69) is 10.1 Å². The number of aromatic nitrogens is 3. The fraction of sp³-hybridized carbons (Fsp3) is 0.0667. The van der Waals surface area contributed by atoms with Gasteiger partial charge in [-0.25, -0.2) is 14.1 Å². The standard InChI is InChI=1S/C15H11ClFN3/c1-10-2-7-13(8-14(10)16)20-15(18-9-19-20)11-3-5-12(17)6-4-11/h2-9H,1H3. The second kappa shape index (κ2) is 5.06. The number of halogens is 2. The molecule has 0 N–H and O–H groups in total. The summed E-state index contributed by atoms with van der Waals surface area (Å²) in [5.41, 5.74) is 2.61. The fourth-order valence-electron chi connectivity index (χ4n) is 1.94. The quantitative estimate of drug-likeness (QED) is 0.712. The first kappa shape index (κ1) is 12.8. The minimum Gasteiger partial charge on any atom is -0.215 e. The van der Waals surface area contributed by atoms with E-state index in [-0.39, 0.29) is 5.82 Å². The molecule has 0 saturated carbocycles. The molecule has 0 spiro atoms. The van der Waals surface area contributed by atoms with E-state index in [4.69, 9.17) is 11.6 Å². The average Bonchev–Trinajstić information content (AvgIpc) is 2.92. The Morgan fingerprint density at radius 1 is 1.10 bits per heavy atom. The number of benzene rings is 2. The van der Waals surface area contributed by atoms with Crippen LogP contribution in [0.2, 0.25) is 5.02 Å². The van der Waals surface area contributed by atoms with Gasteiger partial charge < -0.3 is 0 Å². The van der Waals surface area contributed by atoms with Gasteiger partial charge in [-0.1, -0.05) is 17.7 Å². The van der Waals surface area contributed by atoms with Crippen LogP contribution in [0.3, 0.4) is 0 Å². The molecule has 3 aromatic rings. The van der Waals surface area contributed by atoms with Crippen molar-refractivity contribution in [1.82, 2.24) is 14.8 Å². The molecule has 0 aliphatic rings. The summed E-state index contributed by atoms with van der Waals surface area (Å²) in [6, 6.07) is 11.8. The van der Waals surface area contributed by atoms with Gasteiger partial charge in [-0.3, -0.25) is 0 Å². The van der Waals surface area contributed by atoms with E-state index < -0.39 is 0 Å². The van der Waals surface area contributed by atoms with E-state index in [1.807, 2.05) is 25.1 Å². The Bertz CT molecular complexity index is 750. The topological polar surface area (TPSA) is 30.7 Å². The third-order valence-electron chi connectivity index (χ3n) is 3.05. The highest BCUT2D eigenvalue weighted by atomic mass is 35.5. The zero-order valence-corrected chi connectivity index (χ0v) is 11.5. The van der Waals surface area contributed by atoms with Crippen LogP contribution < -0.4 is 0 Å². The Hall–Kier alpha value is -2.20. The van der Waals surface area contributed by atoms with Crippen LogP contribution in [0.25, 0.3) is 17.1 Å². The molecule has 100 valence electrons. The molecule has 0 aliphatic heterocycles. The van der Waals surface area contributed by atoms with Gasteiger partial charge in [0.25, 0.3) is 0 Å². The molecule has 0 atom stereocenters. The lowest BCUT2D eigenvalue weighted by molar-refractivity contribution is 0.628. The van der Waals surface area contributed by atoms with Crippen molar-refractivity contribution in [2.75, 3.05) is 0 Å². The van der Waals surface area contributed by atoms with E-state index in [0.29, 0.717) is 10.8 Å². The smallest absolute Gasteiger partial charge is 0.163 e. The Kier molecular flexibility index (Phi) is 3.24. The monoisotopic (exact) mass is 287 g/mol. The average molecular weight is 288 g/mol. The van der Waals surface area contributed by atoms with Gasteiger partial charge in [0.2, 0.25) is 0 Å². The molecule has 0 radical (unpaired) electrons. The third-order valence-corrected chi connectivity index (χ3v) is 3.46. The number of hydrogen-bond acceptors (Lipinski definition) is 2. The van der Waals surface area contributed by atoms with Gasteiger partial charge in [0.05, 0.1) is 5.69 Å². The van der Waals surface area contributed by atoms with Crippen LogP contribution in [0, 0.1) is 12.7 Å². The molecule has 3 rings (SSSR count). The molecule has 0 unspecified atom stereocenters. The summed E-state index contributed by atoms with van der Waals surface area (Å²) in [6.45, 7) is 1.94. The van der Waals surface area contributed by atoms with E-state index in [1.54, 1.807) is 16.8 Å². The molecule has 0 amide bonds. The molecule has 0 saturated heterocycles. The predicted octanol–water partition coefficient (Wildman–Crippen LogP) is 4.04. The van der Waals surface area contributed by atoms with Crippen LogP contribution in [0.15, 0.2) is 48.8 Å². The highest BCUT2D eigenvalue weighted by Gasteiger charge is 2.10. The van der Waals surface area contributed by atoms with Crippen LogP contribution in [0.5, 0.6) is 0 Å². The molecule has 0 bridgehead atoms. The molecule has 1 heterocycles. The van der Waals surface area contributed by atoms with Gasteiger partial charge in [-0.05, 0) is 48.9 Å². The zero-order chi connectivity index (χ0) is 14.1. The highest BCUT2D eigenvalue weighted by molar-refractivity contribution is 6.31. The van der Waals surface area contributed by atoms with Crippen LogP contribution in [-0.2, 0) is 0 Å². The molecule has 1 aromatic heterocycles. The lowest BCUT2D eigenvalue weighted by Crippen LogP contribution is -2.00. The Balaban J connectivity index is 2.10.